The Morgan fingerprint density at radius 2 is 2.00 bits per heavy atom. The molecule has 2 saturated carbocycles. The summed E-state index contributed by atoms with van der Waals surface area (Å²) in [5.74, 6) is -2.52. The number of nitrogens with zero attached hydrogens (tertiary/aromatic N) is 2. The van der Waals surface area contributed by atoms with Gasteiger partial charge in [0.15, 0.2) is 5.78 Å². The molecule has 190 valence electrons. The van der Waals surface area contributed by atoms with E-state index in [-0.39, 0.29) is 37.3 Å². The third-order valence-electron chi connectivity index (χ3n) is 9.55. The van der Waals surface area contributed by atoms with Crippen molar-refractivity contribution in [2.45, 2.75) is 70.2 Å². The summed E-state index contributed by atoms with van der Waals surface area (Å²) in [6.45, 7) is 7.36. The maximum atomic E-state index is 13.0. The molecule has 0 unspecified atom stereocenters. The van der Waals surface area contributed by atoms with E-state index in [1.807, 2.05) is 26.2 Å². The van der Waals surface area contributed by atoms with Crippen LogP contribution in [0.5, 0.6) is 0 Å². The van der Waals surface area contributed by atoms with Crippen LogP contribution in [-0.4, -0.2) is 60.3 Å². The van der Waals surface area contributed by atoms with Crippen LogP contribution in [0.1, 0.15) is 52.5 Å². The lowest BCUT2D eigenvalue weighted by Crippen LogP contribution is -2.61. The summed E-state index contributed by atoms with van der Waals surface area (Å²) in [5, 5.41) is 38.1. The Labute approximate surface area is 205 Å². The molecule has 0 spiro atoms. The first-order valence-corrected chi connectivity index (χ1v) is 12.5. The number of hydrogen-bond acceptors (Lipinski definition) is 7. The summed E-state index contributed by atoms with van der Waals surface area (Å²) < 4.78 is 7.94. The molecule has 8 nitrogen and oxygen atoms in total. The molecular weight excluding hydrogens is 448 g/mol. The van der Waals surface area contributed by atoms with Gasteiger partial charge in [-0.15, -0.1) is 0 Å². The van der Waals surface area contributed by atoms with E-state index in [0.717, 1.165) is 5.56 Å². The van der Waals surface area contributed by atoms with Crippen molar-refractivity contribution >= 4 is 11.8 Å². The maximum Gasteiger partial charge on any atom is 0.306 e. The van der Waals surface area contributed by atoms with Gasteiger partial charge in [0.25, 0.3) is 0 Å². The van der Waals surface area contributed by atoms with Gasteiger partial charge >= 0.3 is 5.97 Å². The molecule has 1 aromatic rings. The molecule has 5 rings (SSSR count). The van der Waals surface area contributed by atoms with Crippen molar-refractivity contribution in [2.75, 3.05) is 6.61 Å². The molecular formula is C27H36N2O6. The average molecular weight is 485 g/mol. The van der Waals surface area contributed by atoms with Crippen LogP contribution in [0, 0.1) is 29.1 Å². The highest BCUT2D eigenvalue weighted by molar-refractivity contribution is 6.04. The Balaban J connectivity index is 1.48. The smallest absolute Gasteiger partial charge is 0.306 e. The Hall–Kier alpha value is -2.29. The van der Waals surface area contributed by atoms with Crippen LogP contribution in [0.4, 0.5) is 0 Å². The zero-order valence-corrected chi connectivity index (χ0v) is 21.1. The number of hydrogen-bond donors (Lipinski definition) is 3. The Bertz CT molecular complexity index is 1150. The van der Waals surface area contributed by atoms with Crippen LogP contribution < -0.4 is 0 Å². The molecule has 4 aliphatic carbocycles. The standard InChI is InChI=1S/C27H36N2O6/c1-15-8-20-25(33,23(15)32)11-18(14-30)9-19-22-24(3,4)26(22,10-16(2)27(19,20)34)35-21(31)7-6-17-12-28-29(5)13-17/h8-9,12-13,16,19-20,22,30,33-34H,6-7,10-11,14H2,1-5H3/t16-,19+,20-,22-,25-,26+,27-/m1/s1. The molecule has 8 heteroatoms. The van der Waals surface area contributed by atoms with E-state index in [4.69, 9.17) is 4.74 Å². The number of esters is 1. The summed E-state index contributed by atoms with van der Waals surface area (Å²) in [4.78, 5) is 26.0. The number of Topliss-reactive ketones (excluding diaryl/α,β-unsaturated/α-hetero) is 1. The van der Waals surface area contributed by atoms with Crippen molar-refractivity contribution < 1.29 is 29.6 Å². The average Bonchev–Trinajstić information content (AvgIpc) is 3.03. The van der Waals surface area contributed by atoms with E-state index < -0.39 is 39.8 Å². The van der Waals surface area contributed by atoms with E-state index >= 15 is 0 Å². The predicted octanol–water partition coefficient (Wildman–Crippen LogP) is 1.88. The third kappa shape index (κ3) is 3.19. The largest absolute Gasteiger partial charge is 0.458 e. The van der Waals surface area contributed by atoms with E-state index in [0.29, 0.717) is 24.0 Å². The number of aliphatic hydroxyl groups excluding tert-OH is 1. The normalized spacial score (nSPS) is 41.2. The SMILES string of the molecule is CC1=C[C@H]2[C@@]3(O)[C@H](C)C[C@]4(OC(=O)CCc5cnn(C)c5)[C@H]([C@@H]3C=C(CO)C[C@]2(O)C1=O)C4(C)C. The van der Waals surface area contributed by atoms with Crippen molar-refractivity contribution in [2.24, 2.45) is 36.1 Å². The topological polar surface area (TPSA) is 122 Å². The number of carbonyl (C=O) groups is 2. The first-order chi connectivity index (χ1) is 16.3. The second-order valence-electron chi connectivity index (χ2n) is 11.8. The number of aromatic nitrogens is 2. The van der Waals surface area contributed by atoms with E-state index in [9.17, 15) is 24.9 Å². The lowest BCUT2D eigenvalue weighted by Gasteiger charge is -2.50. The number of ether oxygens (including phenoxy) is 1. The van der Waals surface area contributed by atoms with Crippen LogP contribution in [0.25, 0.3) is 0 Å². The van der Waals surface area contributed by atoms with Gasteiger partial charge in [0, 0.05) is 49.3 Å². The summed E-state index contributed by atoms with van der Waals surface area (Å²) in [6.07, 6.45) is 8.36. The summed E-state index contributed by atoms with van der Waals surface area (Å²) in [6, 6.07) is 0. The number of rotatable bonds is 5. The van der Waals surface area contributed by atoms with Crippen molar-refractivity contribution in [3.05, 3.63) is 41.3 Å². The van der Waals surface area contributed by atoms with Gasteiger partial charge in [-0.05, 0) is 42.4 Å². The van der Waals surface area contributed by atoms with Gasteiger partial charge in [0.05, 0.1) is 18.4 Å². The molecule has 4 aliphatic rings. The fourth-order valence-corrected chi connectivity index (χ4v) is 7.70. The van der Waals surface area contributed by atoms with Gasteiger partial charge < -0.3 is 20.1 Å². The Morgan fingerprint density at radius 3 is 2.63 bits per heavy atom. The van der Waals surface area contributed by atoms with Gasteiger partial charge in [-0.2, -0.15) is 5.10 Å². The fourth-order valence-electron chi connectivity index (χ4n) is 7.70. The molecule has 7 atom stereocenters. The van der Waals surface area contributed by atoms with E-state index in [1.54, 1.807) is 23.9 Å². The molecule has 2 fully saturated rings. The number of ketones is 1. The highest BCUT2D eigenvalue weighted by Gasteiger charge is 2.83. The van der Waals surface area contributed by atoms with Crippen molar-refractivity contribution in [1.29, 1.82) is 0 Å². The van der Waals surface area contributed by atoms with Crippen molar-refractivity contribution in [3.8, 4) is 0 Å². The lowest BCUT2D eigenvalue weighted by atomic mass is 9.60. The van der Waals surface area contributed by atoms with Crippen LogP contribution in [-0.2, 0) is 27.8 Å². The zero-order chi connectivity index (χ0) is 25.6. The van der Waals surface area contributed by atoms with Gasteiger partial charge in [-0.25, -0.2) is 0 Å². The first kappa shape index (κ1) is 24.4. The van der Waals surface area contributed by atoms with Crippen molar-refractivity contribution in [3.63, 3.8) is 0 Å². The van der Waals surface area contributed by atoms with E-state index in [2.05, 4.69) is 18.9 Å². The fraction of sp³-hybridized carbons (Fsp3) is 0.667. The van der Waals surface area contributed by atoms with Gasteiger partial charge in [-0.1, -0.05) is 32.9 Å². The molecule has 0 aromatic carbocycles. The predicted molar refractivity (Wildman–Crippen MR) is 127 cm³/mol. The second-order valence-corrected chi connectivity index (χ2v) is 11.8. The van der Waals surface area contributed by atoms with Crippen molar-refractivity contribution in [1.82, 2.24) is 9.78 Å². The summed E-state index contributed by atoms with van der Waals surface area (Å²) >= 11 is 0. The van der Waals surface area contributed by atoms with Crippen LogP contribution in [0.15, 0.2) is 35.7 Å². The first-order valence-electron chi connectivity index (χ1n) is 12.5. The van der Waals surface area contributed by atoms with Crippen LogP contribution in [0.3, 0.4) is 0 Å². The molecule has 0 aliphatic heterocycles. The number of aliphatic hydroxyl groups is 3. The van der Waals surface area contributed by atoms with Crippen LogP contribution >= 0.6 is 0 Å². The third-order valence-corrected chi connectivity index (χ3v) is 9.55. The second kappa shape index (κ2) is 7.60. The van der Waals surface area contributed by atoms with Gasteiger partial charge in [0.1, 0.15) is 11.2 Å². The maximum absolute atomic E-state index is 13.0. The molecule has 0 radical (unpaired) electrons. The quantitative estimate of drug-likeness (QED) is 0.431. The highest BCUT2D eigenvalue weighted by Crippen LogP contribution is 2.76. The Kier molecular flexibility index (Phi) is 5.30. The lowest BCUT2D eigenvalue weighted by molar-refractivity contribution is -0.187. The number of carbonyl (C=O) groups excluding carboxylic acids is 2. The highest BCUT2D eigenvalue weighted by atomic mass is 16.6. The molecule has 1 aromatic heterocycles. The van der Waals surface area contributed by atoms with Gasteiger partial charge in [-0.3, -0.25) is 14.3 Å². The summed E-state index contributed by atoms with van der Waals surface area (Å²) in [7, 11) is 1.83. The summed E-state index contributed by atoms with van der Waals surface area (Å²) in [5.41, 5.74) is -2.43. The molecule has 3 N–H and O–H groups in total. The monoisotopic (exact) mass is 484 g/mol. The molecule has 0 bridgehead atoms. The van der Waals surface area contributed by atoms with E-state index in [1.165, 1.54) is 0 Å². The Morgan fingerprint density at radius 1 is 1.29 bits per heavy atom. The molecule has 0 amide bonds. The number of fused-ring (bicyclic) bond motifs is 5. The van der Waals surface area contributed by atoms with Crippen LogP contribution in [0.2, 0.25) is 0 Å². The minimum absolute atomic E-state index is 0.0165. The minimum atomic E-state index is -1.78. The zero-order valence-electron chi connectivity index (χ0n) is 21.1. The molecule has 35 heavy (non-hydrogen) atoms. The van der Waals surface area contributed by atoms with Gasteiger partial charge in [0.2, 0.25) is 0 Å². The number of aryl methyl sites for hydroxylation is 2. The molecule has 1 heterocycles. The molecule has 0 saturated heterocycles. The minimum Gasteiger partial charge on any atom is -0.458 e.